The maximum absolute atomic E-state index is 11.3. The molecule has 5 heteroatoms. The van der Waals surface area contributed by atoms with Gasteiger partial charge in [0.25, 0.3) is 0 Å². The number of carbonyl (C=O) groups excluding carboxylic acids is 1. The molecule has 1 rings (SSSR count). The van der Waals surface area contributed by atoms with Crippen LogP contribution in [0.5, 0.6) is 0 Å². The number of nitrogens with one attached hydrogen (secondary N) is 1. The monoisotopic (exact) mass is 216 g/mol. The van der Waals surface area contributed by atoms with Gasteiger partial charge in [-0.3, -0.25) is 0 Å². The van der Waals surface area contributed by atoms with Gasteiger partial charge < -0.3 is 19.7 Å². The summed E-state index contributed by atoms with van der Waals surface area (Å²) in [5, 5.41) is 2.85. The number of alkyl carbamates (subject to hydrolysis) is 1. The predicted octanol–water partition coefficient (Wildman–Crippen LogP) is 0.453. The molecule has 0 aromatic heterocycles. The fraction of sp³-hybridized carbons (Fsp3) is 0.900. The van der Waals surface area contributed by atoms with Crippen LogP contribution in [0.2, 0.25) is 0 Å². The molecule has 1 heterocycles. The van der Waals surface area contributed by atoms with Gasteiger partial charge in [0.15, 0.2) is 0 Å². The quantitative estimate of drug-likeness (QED) is 0.693. The van der Waals surface area contributed by atoms with E-state index >= 15 is 0 Å². The van der Waals surface area contributed by atoms with Gasteiger partial charge in [-0.25, -0.2) is 4.79 Å². The van der Waals surface area contributed by atoms with Crippen molar-refractivity contribution in [3.05, 3.63) is 0 Å². The van der Waals surface area contributed by atoms with Crippen LogP contribution in [-0.2, 0) is 9.47 Å². The summed E-state index contributed by atoms with van der Waals surface area (Å²) < 4.78 is 9.71. The second-order valence-electron chi connectivity index (χ2n) is 3.85. The molecule has 0 radical (unpaired) electrons. The first-order valence-electron chi connectivity index (χ1n) is 5.33. The number of rotatable bonds is 4. The SMILES string of the molecule is COCCOC(=O)NC1CCN(C)CC1. The van der Waals surface area contributed by atoms with Crippen LogP contribution in [0.15, 0.2) is 0 Å². The maximum atomic E-state index is 11.3. The zero-order valence-corrected chi connectivity index (χ0v) is 9.49. The van der Waals surface area contributed by atoms with Crippen LogP contribution in [0.4, 0.5) is 4.79 Å². The fourth-order valence-corrected chi connectivity index (χ4v) is 1.58. The summed E-state index contributed by atoms with van der Waals surface area (Å²) in [6.45, 7) is 2.82. The molecule has 0 aromatic carbocycles. The Balaban J connectivity index is 2.09. The van der Waals surface area contributed by atoms with Crippen LogP contribution in [0.3, 0.4) is 0 Å². The van der Waals surface area contributed by atoms with Crippen molar-refractivity contribution in [2.75, 3.05) is 40.5 Å². The molecule has 0 unspecified atom stereocenters. The minimum absolute atomic E-state index is 0.260. The van der Waals surface area contributed by atoms with E-state index in [9.17, 15) is 4.79 Å². The molecule has 88 valence electrons. The first kappa shape index (κ1) is 12.3. The van der Waals surface area contributed by atoms with E-state index in [1.54, 1.807) is 7.11 Å². The van der Waals surface area contributed by atoms with E-state index in [0.29, 0.717) is 13.2 Å². The topological polar surface area (TPSA) is 50.8 Å². The fourth-order valence-electron chi connectivity index (χ4n) is 1.58. The number of nitrogens with zero attached hydrogens (tertiary/aromatic N) is 1. The van der Waals surface area contributed by atoms with Gasteiger partial charge >= 0.3 is 6.09 Å². The van der Waals surface area contributed by atoms with Gasteiger partial charge in [-0.15, -0.1) is 0 Å². The Morgan fingerprint density at radius 2 is 2.07 bits per heavy atom. The summed E-state index contributed by atoms with van der Waals surface area (Å²) in [4.78, 5) is 13.5. The summed E-state index contributed by atoms with van der Waals surface area (Å²) >= 11 is 0. The van der Waals surface area contributed by atoms with Crippen LogP contribution in [0, 0.1) is 0 Å². The van der Waals surface area contributed by atoms with Crippen molar-refractivity contribution in [1.82, 2.24) is 10.2 Å². The van der Waals surface area contributed by atoms with Gasteiger partial charge in [-0.05, 0) is 33.0 Å². The van der Waals surface area contributed by atoms with E-state index in [1.165, 1.54) is 0 Å². The molecule has 15 heavy (non-hydrogen) atoms. The number of carbonyl (C=O) groups is 1. The van der Waals surface area contributed by atoms with E-state index in [4.69, 9.17) is 9.47 Å². The van der Waals surface area contributed by atoms with Gasteiger partial charge in [-0.2, -0.15) is 0 Å². The Morgan fingerprint density at radius 1 is 1.40 bits per heavy atom. The van der Waals surface area contributed by atoms with Gasteiger partial charge in [-0.1, -0.05) is 0 Å². The molecular weight excluding hydrogens is 196 g/mol. The second-order valence-corrected chi connectivity index (χ2v) is 3.85. The van der Waals surface area contributed by atoms with Gasteiger partial charge in [0.2, 0.25) is 0 Å². The summed E-state index contributed by atoms with van der Waals surface area (Å²) in [5.74, 6) is 0. The van der Waals surface area contributed by atoms with E-state index in [-0.39, 0.29) is 12.1 Å². The standard InChI is InChI=1S/C10H20N2O3/c1-12-5-3-9(4-6-12)11-10(13)15-8-7-14-2/h9H,3-8H2,1-2H3,(H,11,13). The molecule has 1 amide bonds. The average molecular weight is 216 g/mol. The number of methoxy groups -OCH3 is 1. The number of piperidine rings is 1. The molecule has 1 aliphatic rings. The smallest absolute Gasteiger partial charge is 0.407 e. The van der Waals surface area contributed by atoms with E-state index in [0.717, 1.165) is 25.9 Å². The van der Waals surface area contributed by atoms with Gasteiger partial charge in [0.05, 0.1) is 6.61 Å². The lowest BCUT2D eigenvalue weighted by Crippen LogP contribution is -2.43. The average Bonchev–Trinajstić information content (AvgIpc) is 2.22. The first-order valence-corrected chi connectivity index (χ1v) is 5.33. The highest BCUT2D eigenvalue weighted by atomic mass is 16.6. The Kier molecular flexibility index (Phi) is 5.42. The van der Waals surface area contributed by atoms with E-state index in [2.05, 4.69) is 17.3 Å². The highest BCUT2D eigenvalue weighted by Crippen LogP contribution is 2.07. The Bertz CT molecular complexity index is 191. The lowest BCUT2D eigenvalue weighted by Gasteiger charge is -2.29. The Morgan fingerprint density at radius 3 is 2.67 bits per heavy atom. The predicted molar refractivity (Wildman–Crippen MR) is 56.9 cm³/mol. The molecule has 0 aromatic rings. The Labute approximate surface area is 90.7 Å². The van der Waals surface area contributed by atoms with Crippen molar-refractivity contribution in [2.24, 2.45) is 0 Å². The molecule has 0 saturated carbocycles. The lowest BCUT2D eigenvalue weighted by atomic mass is 10.1. The summed E-state index contributed by atoms with van der Waals surface area (Å²) in [6, 6.07) is 0.260. The summed E-state index contributed by atoms with van der Waals surface area (Å²) in [6.07, 6.45) is 1.66. The van der Waals surface area contributed by atoms with E-state index < -0.39 is 0 Å². The van der Waals surface area contributed by atoms with Crippen molar-refractivity contribution in [3.8, 4) is 0 Å². The molecule has 1 saturated heterocycles. The number of amides is 1. The first-order chi connectivity index (χ1) is 7.22. The maximum Gasteiger partial charge on any atom is 0.407 e. The van der Waals surface area contributed by atoms with Crippen LogP contribution >= 0.6 is 0 Å². The molecular formula is C10H20N2O3. The van der Waals surface area contributed by atoms with Crippen LogP contribution in [-0.4, -0.2) is 57.5 Å². The summed E-state index contributed by atoms with van der Waals surface area (Å²) in [7, 11) is 3.67. The number of hydrogen-bond donors (Lipinski definition) is 1. The molecule has 1 N–H and O–H groups in total. The highest BCUT2D eigenvalue weighted by molar-refractivity contribution is 5.67. The van der Waals surface area contributed by atoms with Crippen molar-refractivity contribution < 1.29 is 14.3 Å². The summed E-state index contributed by atoms with van der Waals surface area (Å²) in [5.41, 5.74) is 0. The zero-order chi connectivity index (χ0) is 11.1. The minimum Gasteiger partial charge on any atom is -0.447 e. The third-order valence-corrected chi connectivity index (χ3v) is 2.56. The van der Waals surface area contributed by atoms with Crippen molar-refractivity contribution in [3.63, 3.8) is 0 Å². The molecule has 1 fully saturated rings. The van der Waals surface area contributed by atoms with Gasteiger partial charge in [0.1, 0.15) is 6.61 Å². The van der Waals surface area contributed by atoms with Crippen LogP contribution < -0.4 is 5.32 Å². The zero-order valence-electron chi connectivity index (χ0n) is 9.49. The van der Waals surface area contributed by atoms with Gasteiger partial charge in [0, 0.05) is 13.2 Å². The molecule has 0 spiro atoms. The van der Waals surface area contributed by atoms with Crippen LogP contribution in [0.25, 0.3) is 0 Å². The number of likely N-dealkylation sites (tertiary alicyclic amines) is 1. The highest BCUT2D eigenvalue weighted by Gasteiger charge is 2.18. The molecule has 5 nitrogen and oxygen atoms in total. The third-order valence-electron chi connectivity index (χ3n) is 2.56. The number of ether oxygens (including phenoxy) is 2. The number of hydrogen-bond acceptors (Lipinski definition) is 4. The Hall–Kier alpha value is -0.810. The van der Waals surface area contributed by atoms with Crippen molar-refractivity contribution in [2.45, 2.75) is 18.9 Å². The molecule has 0 atom stereocenters. The largest absolute Gasteiger partial charge is 0.447 e. The van der Waals surface area contributed by atoms with Crippen LogP contribution in [0.1, 0.15) is 12.8 Å². The van der Waals surface area contributed by atoms with Crippen molar-refractivity contribution in [1.29, 1.82) is 0 Å². The lowest BCUT2D eigenvalue weighted by molar-refractivity contribution is 0.0937. The molecule has 1 aliphatic heterocycles. The minimum atomic E-state index is -0.332. The second kappa shape index (κ2) is 6.63. The molecule has 0 aliphatic carbocycles. The van der Waals surface area contributed by atoms with Crippen molar-refractivity contribution >= 4 is 6.09 Å². The normalized spacial score (nSPS) is 18.8. The van der Waals surface area contributed by atoms with E-state index in [1.807, 2.05) is 0 Å². The third kappa shape index (κ3) is 4.99. The molecule has 0 bridgehead atoms.